The minimum absolute atomic E-state index is 0.231. The number of nitrogens with one attached hydrogen (secondary N) is 1. The van der Waals surface area contributed by atoms with Crippen molar-refractivity contribution < 1.29 is 14.6 Å². The predicted molar refractivity (Wildman–Crippen MR) is 168 cm³/mol. The average Bonchev–Trinajstić information content (AvgIpc) is 3.49. The molecule has 6 rings (SSSR count). The second-order valence-electron chi connectivity index (χ2n) is 10.4. The number of carboxylic acids is 1. The second-order valence-corrected chi connectivity index (χ2v) is 10.8. The fourth-order valence-electron chi connectivity index (χ4n) is 5.67. The number of carbonyl (C=O) groups is 1. The number of anilines is 1. The van der Waals surface area contributed by atoms with Crippen molar-refractivity contribution in [3.05, 3.63) is 137 Å². The SMILES string of the molecule is Cc1ccc(Oc2ccc(N3C(=S)NC(c4ccccn4)C3c3cc(C)n(-c4ccccc4C(=O)O)c3C)cc2)cc1. The summed E-state index contributed by atoms with van der Waals surface area (Å²) in [5.74, 6) is 0.528. The van der Waals surface area contributed by atoms with E-state index in [4.69, 9.17) is 17.0 Å². The lowest BCUT2D eigenvalue weighted by Gasteiger charge is -2.28. The maximum atomic E-state index is 12.1. The van der Waals surface area contributed by atoms with Crippen LogP contribution in [-0.2, 0) is 0 Å². The van der Waals surface area contributed by atoms with Crippen molar-refractivity contribution in [2.45, 2.75) is 32.9 Å². The summed E-state index contributed by atoms with van der Waals surface area (Å²) < 4.78 is 8.08. The molecule has 210 valence electrons. The topological polar surface area (TPSA) is 79.6 Å². The molecule has 0 radical (unpaired) electrons. The second kappa shape index (κ2) is 11.1. The number of carboxylic acid groups (broad SMARTS) is 1. The lowest BCUT2D eigenvalue weighted by Crippen LogP contribution is -2.29. The van der Waals surface area contributed by atoms with Crippen molar-refractivity contribution in [1.82, 2.24) is 14.9 Å². The first-order valence-electron chi connectivity index (χ1n) is 13.7. The molecule has 7 nitrogen and oxygen atoms in total. The summed E-state index contributed by atoms with van der Waals surface area (Å²) in [5, 5.41) is 14.0. The molecule has 5 aromatic rings. The van der Waals surface area contributed by atoms with Gasteiger partial charge < -0.3 is 24.6 Å². The molecule has 3 heterocycles. The molecule has 1 fully saturated rings. The Kier molecular flexibility index (Phi) is 7.22. The van der Waals surface area contributed by atoms with E-state index in [0.29, 0.717) is 10.8 Å². The fourth-order valence-corrected chi connectivity index (χ4v) is 6.02. The zero-order valence-electron chi connectivity index (χ0n) is 23.5. The van der Waals surface area contributed by atoms with Gasteiger partial charge in [0, 0.05) is 23.3 Å². The molecule has 2 atom stereocenters. The van der Waals surface area contributed by atoms with E-state index in [1.807, 2.05) is 104 Å². The van der Waals surface area contributed by atoms with Crippen molar-refractivity contribution in [2.24, 2.45) is 0 Å². The van der Waals surface area contributed by atoms with E-state index in [0.717, 1.165) is 39.8 Å². The molecule has 0 spiro atoms. The number of aryl methyl sites for hydroxylation is 2. The van der Waals surface area contributed by atoms with E-state index in [-0.39, 0.29) is 17.6 Å². The molecule has 0 amide bonds. The van der Waals surface area contributed by atoms with Crippen LogP contribution in [0.3, 0.4) is 0 Å². The highest BCUT2D eigenvalue weighted by Crippen LogP contribution is 2.44. The number of para-hydroxylation sites is 1. The molecule has 42 heavy (non-hydrogen) atoms. The van der Waals surface area contributed by atoms with Crippen molar-refractivity contribution in [1.29, 1.82) is 0 Å². The Bertz CT molecular complexity index is 1770. The molecule has 0 bridgehead atoms. The summed E-state index contributed by atoms with van der Waals surface area (Å²) in [6.07, 6.45) is 1.78. The lowest BCUT2D eigenvalue weighted by atomic mass is 9.96. The van der Waals surface area contributed by atoms with E-state index >= 15 is 0 Å². The summed E-state index contributed by atoms with van der Waals surface area (Å²) in [7, 11) is 0. The smallest absolute Gasteiger partial charge is 0.337 e. The third-order valence-corrected chi connectivity index (χ3v) is 7.95. The lowest BCUT2D eigenvalue weighted by molar-refractivity contribution is 0.0697. The maximum absolute atomic E-state index is 12.1. The van der Waals surface area contributed by atoms with Gasteiger partial charge in [-0.3, -0.25) is 4.98 Å². The number of aromatic carboxylic acids is 1. The molecule has 0 saturated carbocycles. The van der Waals surface area contributed by atoms with Crippen molar-refractivity contribution in [3.63, 3.8) is 0 Å². The van der Waals surface area contributed by atoms with Crippen molar-refractivity contribution in [3.8, 4) is 17.2 Å². The molecule has 0 aliphatic carbocycles. The van der Waals surface area contributed by atoms with E-state index in [1.54, 1.807) is 18.3 Å². The zero-order valence-corrected chi connectivity index (χ0v) is 24.3. The first kappa shape index (κ1) is 27.2. The van der Waals surface area contributed by atoms with Gasteiger partial charge in [-0.25, -0.2) is 4.79 Å². The summed E-state index contributed by atoms with van der Waals surface area (Å²) in [5.41, 5.74) is 6.69. The van der Waals surface area contributed by atoms with Crippen LogP contribution in [0.4, 0.5) is 5.69 Å². The Morgan fingerprint density at radius 3 is 2.24 bits per heavy atom. The van der Waals surface area contributed by atoms with Crippen LogP contribution in [0.15, 0.2) is 103 Å². The molecule has 2 N–H and O–H groups in total. The number of nitrogens with zero attached hydrogens (tertiary/aromatic N) is 3. The molecule has 1 saturated heterocycles. The monoisotopic (exact) mass is 574 g/mol. The molecule has 1 aliphatic rings. The summed E-state index contributed by atoms with van der Waals surface area (Å²) in [4.78, 5) is 18.9. The van der Waals surface area contributed by atoms with Gasteiger partial charge in [-0.05, 0) is 105 Å². The van der Waals surface area contributed by atoms with Crippen LogP contribution >= 0.6 is 12.2 Å². The number of thiocarbonyl (C=S) groups is 1. The number of hydrogen-bond acceptors (Lipinski definition) is 4. The van der Waals surface area contributed by atoms with Crippen LogP contribution in [0.5, 0.6) is 11.5 Å². The minimum atomic E-state index is -0.968. The molecule has 3 aromatic carbocycles. The Morgan fingerprint density at radius 2 is 1.57 bits per heavy atom. The quantitative estimate of drug-likeness (QED) is 0.195. The van der Waals surface area contributed by atoms with Crippen molar-refractivity contribution >= 4 is 29.0 Å². The van der Waals surface area contributed by atoms with Crippen LogP contribution in [0.2, 0.25) is 0 Å². The largest absolute Gasteiger partial charge is 0.478 e. The highest BCUT2D eigenvalue weighted by Gasteiger charge is 2.42. The van der Waals surface area contributed by atoms with Crippen LogP contribution in [0.1, 0.15) is 50.7 Å². The Morgan fingerprint density at radius 1 is 0.905 bits per heavy atom. The molecule has 1 aliphatic heterocycles. The summed E-state index contributed by atoms with van der Waals surface area (Å²) in [6.45, 7) is 6.06. The number of ether oxygens (including phenoxy) is 1. The number of rotatable bonds is 7. The molecular weight excluding hydrogens is 544 g/mol. The first-order chi connectivity index (χ1) is 20.3. The van der Waals surface area contributed by atoms with Crippen LogP contribution < -0.4 is 15.0 Å². The van der Waals surface area contributed by atoms with Gasteiger partial charge in [0.15, 0.2) is 5.11 Å². The standard InChI is InChI=1S/C34H30N4O3S/c1-21-11-15-25(16-12-21)41-26-17-13-24(14-18-26)38-32(31(36-34(38)42)29-9-6-7-19-35-29)28-20-22(2)37(23(28)3)30-10-5-4-8-27(30)33(39)40/h4-20,31-32H,1-3H3,(H,36,42)(H,39,40). The highest BCUT2D eigenvalue weighted by molar-refractivity contribution is 7.80. The van der Waals surface area contributed by atoms with Crippen LogP contribution in [0.25, 0.3) is 5.69 Å². The first-order valence-corrected chi connectivity index (χ1v) is 14.1. The van der Waals surface area contributed by atoms with Crippen LogP contribution in [-0.4, -0.2) is 25.7 Å². The third kappa shape index (κ3) is 5.01. The van der Waals surface area contributed by atoms with Gasteiger partial charge in [0.1, 0.15) is 11.5 Å². The van der Waals surface area contributed by atoms with Gasteiger partial charge >= 0.3 is 5.97 Å². The summed E-state index contributed by atoms with van der Waals surface area (Å²) in [6, 6.07) is 30.4. The third-order valence-electron chi connectivity index (χ3n) is 7.63. The number of benzene rings is 3. The van der Waals surface area contributed by atoms with Gasteiger partial charge in [-0.1, -0.05) is 35.9 Å². The predicted octanol–water partition coefficient (Wildman–Crippen LogP) is 7.47. The molecule has 8 heteroatoms. The van der Waals surface area contributed by atoms with E-state index in [1.165, 1.54) is 5.56 Å². The Hall–Kier alpha value is -4.95. The Labute approximate surface area is 250 Å². The molecule has 2 aromatic heterocycles. The van der Waals surface area contributed by atoms with Gasteiger partial charge in [-0.2, -0.15) is 0 Å². The van der Waals surface area contributed by atoms with Gasteiger partial charge in [0.2, 0.25) is 0 Å². The Balaban J connectivity index is 1.43. The normalized spacial score (nSPS) is 16.4. The maximum Gasteiger partial charge on any atom is 0.337 e. The number of pyridine rings is 1. The number of hydrogen-bond donors (Lipinski definition) is 2. The summed E-state index contributed by atoms with van der Waals surface area (Å²) >= 11 is 5.93. The van der Waals surface area contributed by atoms with E-state index in [9.17, 15) is 9.90 Å². The average molecular weight is 575 g/mol. The highest BCUT2D eigenvalue weighted by atomic mass is 32.1. The minimum Gasteiger partial charge on any atom is -0.478 e. The van der Waals surface area contributed by atoms with E-state index < -0.39 is 5.97 Å². The van der Waals surface area contributed by atoms with Gasteiger partial charge in [-0.15, -0.1) is 0 Å². The number of aromatic nitrogens is 2. The molecule has 2 unspecified atom stereocenters. The van der Waals surface area contributed by atoms with Crippen molar-refractivity contribution in [2.75, 3.05) is 4.90 Å². The van der Waals surface area contributed by atoms with E-state index in [2.05, 4.69) is 21.3 Å². The molecular formula is C34H30N4O3S. The zero-order chi connectivity index (χ0) is 29.4. The van der Waals surface area contributed by atoms with Crippen LogP contribution in [0, 0.1) is 20.8 Å². The van der Waals surface area contributed by atoms with Gasteiger partial charge in [0.25, 0.3) is 0 Å². The van der Waals surface area contributed by atoms with Gasteiger partial charge in [0.05, 0.1) is 29.0 Å². The fraction of sp³-hybridized carbons (Fsp3) is 0.147.